The van der Waals surface area contributed by atoms with E-state index in [0.717, 1.165) is 12.2 Å². The van der Waals surface area contributed by atoms with Crippen molar-refractivity contribution in [2.75, 3.05) is 0 Å². The third-order valence-corrected chi connectivity index (χ3v) is 1.92. The molecule has 0 aromatic carbocycles. The molecule has 3 nitrogen and oxygen atoms in total. The molecule has 0 unspecified atom stereocenters. The first-order valence-electron chi connectivity index (χ1n) is 4.42. The summed E-state index contributed by atoms with van der Waals surface area (Å²) in [4.78, 5) is 10.8. The van der Waals surface area contributed by atoms with Gasteiger partial charge in [-0.15, -0.1) is 0 Å². The zero-order valence-corrected chi connectivity index (χ0v) is 8.13. The zero-order chi connectivity index (χ0) is 10.0. The summed E-state index contributed by atoms with van der Waals surface area (Å²) in [6, 6.07) is 1.61. The number of hydrogen-bond donors (Lipinski definition) is 1. The summed E-state index contributed by atoms with van der Waals surface area (Å²) in [5.74, 6) is 0.518. The second-order valence-corrected chi connectivity index (χ2v) is 3.30. The van der Waals surface area contributed by atoms with Crippen molar-refractivity contribution in [1.82, 2.24) is 0 Å². The lowest BCUT2D eigenvalue weighted by atomic mass is 10.1. The lowest BCUT2D eigenvalue weighted by molar-refractivity contribution is 0.0694. The van der Waals surface area contributed by atoms with Gasteiger partial charge in [-0.1, -0.05) is 20.8 Å². The minimum atomic E-state index is -0.910. The molecule has 3 heteroatoms. The number of hydrogen-bond acceptors (Lipinski definition) is 2. The number of carbonyl (C=O) groups is 1. The van der Waals surface area contributed by atoms with E-state index >= 15 is 0 Å². The Labute approximate surface area is 77.4 Å². The summed E-state index contributed by atoms with van der Waals surface area (Å²) in [6.45, 7) is 5.78. The third kappa shape index (κ3) is 1.91. The second kappa shape index (κ2) is 3.64. The van der Waals surface area contributed by atoms with Gasteiger partial charge in [-0.3, -0.25) is 0 Å². The standard InChI is InChI=1S/C10H14O3/c1-4-7-5-8(10(11)12)9(13-7)6(2)3/h5-6H,4H2,1-3H3,(H,11,12). The summed E-state index contributed by atoms with van der Waals surface area (Å²) in [7, 11) is 0. The molecular formula is C10H14O3. The highest BCUT2D eigenvalue weighted by atomic mass is 16.4. The van der Waals surface area contributed by atoms with Gasteiger partial charge in [0.1, 0.15) is 17.1 Å². The fourth-order valence-electron chi connectivity index (χ4n) is 1.23. The Morgan fingerprint density at radius 3 is 2.54 bits per heavy atom. The molecule has 0 aliphatic rings. The van der Waals surface area contributed by atoms with Crippen LogP contribution in [-0.2, 0) is 6.42 Å². The number of carboxylic acids is 1. The van der Waals surface area contributed by atoms with Crippen LogP contribution >= 0.6 is 0 Å². The molecular weight excluding hydrogens is 168 g/mol. The maximum atomic E-state index is 10.8. The van der Waals surface area contributed by atoms with Crippen molar-refractivity contribution in [3.8, 4) is 0 Å². The minimum Gasteiger partial charge on any atom is -0.478 e. The first kappa shape index (κ1) is 9.84. The predicted octanol–water partition coefficient (Wildman–Crippen LogP) is 2.66. The number of aromatic carboxylic acids is 1. The quantitative estimate of drug-likeness (QED) is 0.781. The van der Waals surface area contributed by atoms with Crippen LogP contribution in [0, 0.1) is 0 Å². The summed E-state index contributed by atoms with van der Waals surface area (Å²) in [6.07, 6.45) is 0.729. The third-order valence-electron chi connectivity index (χ3n) is 1.92. The maximum absolute atomic E-state index is 10.8. The van der Waals surface area contributed by atoms with E-state index in [1.54, 1.807) is 6.07 Å². The van der Waals surface area contributed by atoms with Crippen LogP contribution in [-0.4, -0.2) is 11.1 Å². The average Bonchev–Trinajstić information content (AvgIpc) is 2.47. The van der Waals surface area contributed by atoms with Crippen molar-refractivity contribution in [1.29, 1.82) is 0 Å². The van der Waals surface area contributed by atoms with Gasteiger partial charge in [-0.25, -0.2) is 4.79 Å². The Bertz CT molecular complexity index is 310. The Morgan fingerprint density at radius 1 is 1.62 bits per heavy atom. The van der Waals surface area contributed by atoms with Crippen LogP contribution < -0.4 is 0 Å². The summed E-state index contributed by atoms with van der Waals surface area (Å²) < 4.78 is 5.41. The van der Waals surface area contributed by atoms with E-state index in [1.165, 1.54) is 0 Å². The predicted molar refractivity (Wildman–Crippen MR) is 49.1 cm³/mol. The van der Waals surface area contributed by atoms with Gasteiger partial charge in [0.25, 0.3) is 0 Å². The van der Waals surface area contributed by atoms with Gasteiger partial charge in [-0.05, 0) is 6.07 Å². The average molecular weight is 182 g/mol. The van der Waals surface area contributed by atoms with E-state index in [4.69, 9.17) is 9.52 Å². The Balaban J connectivity index is 3.15. The van der Waals surface area contributed by atoms with Crippen LogP contribution in [0.2, 0.25) is 0 Å². The highest BCUT2D eigenvalue weighted by Crippen LogP contribution is 2.23. The van der Waals surface area contributed by atoms with Crippen molar-refractivity contribution in [3.63, 3.8) is 0 Å². The largest absolute Gasteiger partial charge is 0.478 e. The molecule has 0 amide bonds. The molecule has 0 saturated heterocycles. The lowest BCUT2D eigenvalue weighted by Crippen LogP contribution is -1.99. The van der Waals surface area contributed by atoms with Crippen LogP contribution in [0.4, 0.5) is 0 Å². The molecule has 0 aliphatic heterocycles. The second-order valence-electron chi connectivity index (χ2n) is 3.30. The van der Waals surface area contributed by atoms with Crippen molar-refractivity contribution in [2.24, 2.45) is 0 Å². The van der Waals surface area contributed by atoms with Gasteiger partial charge in [0, 0.05) is 12.3 Å². The topological polar surface area (TPSA) is 50.4 Å². The molecule has 1 aromatic heterocycles. The molecule has 0 atom stereocenters. The van der Waals surface area contributed by atoms with Crippen molar-refractivity contribution in [2.45, 2.75) is 33.1 Å². The molecule has 1 rings (SSSR count). The highest BCUT2D eigenvalue weighted by Gasteiger charge is 2.18. The highest BCUT2D eigenvalue weighted by molar-refractivity contribution is 5.89. The molecule has 0 radical (unpaired) electrons. The fourth-order valence-corrected chi connectivity index (χ4v) is 1.23. The monoisotopic (exact) mass is 182 g/mol. The SMILES string of the molecule is CCc1cc(C(=O)O)c(C(C)C)o1. The van der Waals surface area contributed by atoms with Gasteiger partial charge in [0.15, 0.2) is 0 Å². The molecule has 1 aromatic rings. The molecule has 72 valence electrons. The van der Waals surface area contributed by atoms with Gasteiger partial charge in [-0.2, -0.15) is 0 Å². The number of rotatable bonds is 3. The number of furan rings is 1. The molecule has 0 fully saturated rings. The van der Waals surface area contributed by atoms with E-state index in [1.807, 2.05) is 20.8 Å². The number of aryl methyl sites for hydroxylation is 1. The molecule has 0 aliphatic carbocycles. The maximum Gasteiger partial charge on any atom is 0.339 e. The molecule has 13 heavy (non-hydrogen) atoms. The summed E-state index contributed by atoms with van der Waals surface area (Å²) in [5.41, 5.74) is 0.298. The molecule has 0 spiro atoms. The van der Waals surface area contributed by atoms with E-state index in [9.17, 15) is 4.79 Å². The minimum absolute atomic E-state index is 0.117. The summed E-state index contributed by atoms with van der Waals surface area (Å²) in [5, 5.41) is 8.86. The van der Waals surface area contributed by atoms with Gasteiger partial charge < -0.3 is 9.52 Å². The van der Waals surface area contributed by atoms with E-state index < -0.39 is 5.97 Å². The molecule has 0 saturated carbocycles. The van der Waals surface area contributed by atoms with Crippen molar-refractivity contribution < 1.29 is 14.3 Å². The number of carboxylic acid groups (broad SMARTS) is 1. The summed E-state index contributed by atoms with van der Waals surface area (Å²) >= 11 is 0. The van der Waals surface area contributed by atoms with Gasteiger partial charge in [0.2, 0.25) is 0 Å². The van der Waals surface area contributed by atoms with Gasteiger partial charge >= 0.3 is 5.97 Å². The van der Waals surface area contributed by atoms with Crippen molar-refractivity contribution in [3.05, 3.63) is 23.2 Å². The Hall–Kier alpha value is -1.25. The van der Waals surface area contributed by atoms with E-state index in [0.29, 0.717) is 11.3 Å². The fraction of sp³-hybridized carbons (Fsp3) is 0.500. The Morgan fingerprint density at radius 2 is 2.23 bits per heavy atom. The smallest absolute Gasteiger partial charge is 0.339 e. The van der Waals surface area contributed by atoms with Crippen LogP contribution in [0.1, 0.15) is 48.6 Å². The van der Waals surface area contributed by atoms with Crippen molar-refractivity contribution >= 4 is 5.97 Å². The molecule has 1 heterocycles. The van der Waals surface area contributed by atoms with Crippen LogP contribution in [0.15, 0.2) is 10.5 Å². The first-order valence-corrected chi connectivity index (χ1v) is 4.42. The zero-order valence-electron chi connectivity index (χ0n) is 8.13. The first-order chi connectivity index (χ1) is 6.06. The van der Waals surface area contributed by atoms with E-state index in [2.05, 4.69) is 0 Å². The lowest BCUT2D eigenvalue weighted by Gasteiger charge is -2.00. The van der Waals surface area contributed by atoms with Crippen LogP contribution in [0.5, 0.6) is 0 Å². The molecule has 1 N–H and O–H groups in total. The van der Waals surface area contributed by atoms with Crippen LogP contribution in [0.25, 0.3) is 0 Å². The normalized spacial score (nSPS) is 10.8. The van der Waals surface area contributed by atoms with E-state index in [-0.39, 0.29) is 5.92 Å². The van der Waals surface area contributed by atoms with Gasteiger partial charge in [0.05, 0.1) is 0 Å². The van der Waals surface area contributed by atoms with Crippen LogP contribution in [0.3, 0.4) is 0 Å². The Kier molecular flexibility index (Phi) is 2.76. The molecule has 0 bridgehead atoms.